The Morgan fingerprint density at radius 3 is 2.50 bits per heavy atom. The number of para-hydroxylation sites is 1. The number of benzene rings is 2. The summed E-state index contributed by atoms with van der Waals surface area (Å²) < 4.78 is 19.7. The Morgan fingerprint density at radius 2 is 1.85 bits per heavy atom. The van der Waals surface area contributed by atoms with E-state index in [-0.39, 0.29) is 6.10 Å². The lowest BCUT2D eigenvalue weighted by Gasteiger charge is -2.18. The van der Waals surface area contributed by atoms with Gasteiger partial charge < -0.3 is 9.84 Å². The van der Waals surface area contributed by atoms with E-state index in [2.05, 4.69) is 15.9 Å². The molecule has 0 saturated carbocycles. The van der Waals surface area contributed by atoms with Crippen LogP contribution in [0.5, 0.6) is 5.75 Å². The number of hydrogen-bond acceptors (Lipinski definition) is 2. The lowest BCUT2D eigenvalue weighted by atomic mass is 10.0. The summed E-state index contributed by atoms with van der Waals surface area (Å²) in [5.74, 6) is 0.214. The van der Waals surface area contributed by atoms with Crippen molar-refractivity contribution in [2.75, 3.05) is 0 Å². The van der Waals surface area contributed by atoms with Crippen LogP contribution in [0.25, 0.3) is 0 Å². The van der Waals surface area contributed by atoms with Crippen molar-refractivity contribution in [2.24, 2.45) is 0 Å². The van der Waals surface area contributed by atoms with E-state index >= 15 is 0 Å². The van der Waals surface area contributed by atoms with Crippen LogP contribution >= 0.6 is 15.9 Å². The first-order valence-electron chi connectivity index (χ1n) is 6.37. The maximum Gasteiger partial charge on any atom is 0.125 e. The van der Waals surface area contributed by atoms with E-state index in [1.165, 1.54) is 12.1 Å². The molecule has 4 heteroatoms. The van der Waals surface area contributed by atoms with Gasteiger partial charge in [0.15, 0.2) is 0 Å². The molecule has 0 aliphatic carbocycles. The summed E-state index contributed by atoms with van der Waals surface area (Å²) in [6.07, 6.45) is -0.931. The molecule has 0 aromatic heterocycles. The molecule has 0 bridgehead atoms. The average molecular weight is 339 g/mol. The zero-order chi connectivity index (χ0) is 14.7. The fourth-order valence-electron chi connectivity index (χ4n) is 1.98. The van der Waals surface area contributed by atoms with Gasteiger partial charge in [0.1, 0.15) is 17.7 Å². The van der Waals surface area contributed by atoms with Gasteiger partial charge in [-0.2, -0.15) is 0 Å². The first kappa shape index (κ1) is 15.0. The van der Waals surface area contributed by atoms with Crippen LogP contribution in [0.2, 0.25) is 0 Å². The zero-order valence-electron chi connectivity index (χ0n) is 11.3. The first-order chi connectivity index (χ1) is 9.47. The van der Waals surface area contributed by atoms with Gasteiger partial charge in [0, 0.05) is 10.0 Å². The molecule has 2 rings (SSSR count). The van der Waals surface area contributed by atoms with Crippen LogP contribution in [-0.2, 0) is 0 Å². The third-order valence-electron chi connectivity index (χ3n) is 2.78. The van der Waals surface area contributed by atoms with Gasteiger partial charge in [-0.1, -0.05) is 34.1 Å². The third kappa shape index (κ3) is 3.58. The number of ether oxygens (including phenoxy) is 1. The van der Waals surface area contributed by atoms with E-state index in [9.17, 15) is 9.50 Å². The fourth-order valence-corrected chi connectivity index (χ4v) is 2.46. The SMILES string of the molecule is CC(C)Oc1ccccc1C(O)c1cc(F)cc(Br)c1. The van der Waals surface area contributed by atoms with Crippen LogP contribution in [-0.4, -0.2) is 11.2 Å². The topological polar surface area (TPSA) is 29.5 Å². The number of rotatable bonds is 4. The largest absolute Gasteiger partial charge is 0.491 e. The normalized spacial score (nSPS) is 12.5. The van der Waals surface area contributed by atoms with Crippen molar-refractivity contribution >= 4 is 15.9 Å². The monoisotopic (exact) mass is 338 g/mol. The molecule has 0 radical (unpaired) electrons. The second-order valence-corrected chi connectivity index (χ2v) is 5.73. The van der Waals surface area contributed by atoms with Gasteiger partial charge in [0.05, 0.1) is 6.10 Å². The first-order valence-corrected chi connectivity index (χ1v) is 7.16. The Labute approximate surface area is 126 Å². The molecule has 1 unspecified atom stereocenters. The molecule has 106 valence electrons. The molecule has 0 amide bonds. The van der Waals surface area contributed by atoms with Gasteiger partial charge in [0.2, 0.25) is 0 Å². The van der Waals surface area contributed by atoms with Crippen LogP contribution in [0.4, 0.5) is 4.39 Å². The number of halogens is 2. The molecule has 0 spiro atoms. The van der Waals surface area contributed by atoms with Crippen LogP contribution in [0.15, 0.2) is 46.9 Å². The van der Waals surface area contributed by atoms with Crippen molar-refractivity contribution < 1.29 is 14.2 Å². The predicted molar refractivity (Wildman–Crippen MR) is 80.4 cm³/mol. The Morgan fingerprint density at radius 1 is 1.15 bits per heavy atom. The summed E-state index contributed by atoms with van der Waals surface area (Å²) in [6.45, 7) is 3.84. The van der Waals surface area contributed by atoms with Gasteiger partial charge in [-0.05, 0) is 43.7 Å². The summed E-state index contributed by atoms with van der Waals surface area (Å²) in [5, 5.41) is 10.5. The molecule has 2 aromatic carbocycles. The minimum Gasteiger partial charge on any atom is -0.491 e. The van der Waals surface area contributed by atoms with Crippen molar-refractivity contribution in [3.05, 3.63) is 63.9 Å². The molecule has 0 fully saturated rings. The molecule has 0 saturated heterocycles. The summed E-state index contributed by atoms with van der Waals surface area (Å²) in [5.41, 5.74) is 1.11. The van der Waals surface area contributed by atoms with Crippen molar-refractivity contribution in [3.63, 3.8) is 0 Å². The summed E-state index contributed by atoms with van der Waals surface area (Å²) >= 11 is 3.23. The minimum absolute atomic E-state index is 0.00240. The highest BCUT2D eigenvalue weighted by molar-refractivity contribution is 9.10. The Kier molecular flexibility index (Phi) is 4.78. The predicted octanol–water partition coefficient (Wildman–Crippen LogP) is 4.46. The molecule has 1 N–H and O–H groups in total. The zero-order valence-corrected chi connectivity index (χ0v) is 12.9. The van der Waals surface area contributed by atoms with E-state index in [0.717, 1.165) is 0 Å². The Hall–Kier alpha value is -1.39. The Balaban J connectivity index is 2.39. The van der Waals surface area contributed by atoms with E-state index in [1.54, 1.807) is 18.2 Å². The minimum atomic E-state index is -0.933. The number of aliphatic hydroxyl groups excluding tert-OH is 1. The van der Waals surface area contributed by atoms with Gasteiger partial charge in [-0.15, -0.1) is 0 Å². The van der Waals surface area contributed by atoms with Crippen LogP contribution < -0.4 is 4.74 Å². The molecule has 2 aromatic rings. The third-order valence-corrected chi connectivity index (χ3v) is 3.23. The maximum absolute atomic E-state index is 13.4. The van der Waals surface area contributed by atoms with E-state index in [1.807, 2.05) is 26.0 Å². The highest BCUT2D eigenvalue weighted by Crippen LogP contribution is 2.32. The summed E-state index contributed by atoms with van der Waals surface area (Å²) in [6, 6.07) is 11.6. The lowest BCUT2D eigenvalue weighted by Crippen LogP contribution is -2.10. The van der Waals surface area contributed by atoms with Crippen LogP contribution in [0, 0.1) is 5.82 Å². The molecular weight excluding hydrogens is 323 g/mol. The van der Waals surface area contributed by atoms with Gasteiger partial charge in [-0.25, -0.2) is 4.39 Å². The highest BCUT2D eigenvalue weighted by Gasteiger charge is 2.17. The quantitative estimate of drug-likeness (QED) is 0.891. The smallest absolute Gasteiger partial charge is 0.125 e. The van der Waals surface area contributed by atoms with Gasteiger partial charge in [0.25, 0.3) is 0 Å². The van der Waals surface area contributed by atoms with Gasteiger partial charge in [-0.3, -0.25) is 0 Å². The van der Waals surface area contributed by atoms with Gasteiger partial charge >= 0.3 is 0 Å². The van der Waals surface area contributed by atoms with Crippen molar-refractivity contribution in [2.45, 2.75) is 26.1 Å². The second kappa shape index (κ2) is 6.37. The number of hydrogen-bond donors (Lipinski definition) is 1. The number of aliphatic hydroxyl groups is 1. The fraction of sp³-hybridized carbons (Fsp3) is 0.250. The average Bonchev–Trinajstić information content (AvgIpc) is 2.36. The molecule has 0 aliphatic rings. The molecule has 20 heavy (non-hydrogen) atoms. The summed E-state index contributed by atoms with van der Waals surface area (Å²) in [7, 11) is 0. The summed E-state index contributed by atoms with van der Waals surface area (Å²) in [4.78, 5) is 0. The standard InChI is InChI=1S/C16H16BrFO2/c1-10(2)20-15-6-4-3-5-14(15)16(19)11-7-12(17)9-13(18)8-11/h3-10,16,19H,1-2H3. The van der Waals surface area contributed by atoms with Crippen molar-refractivity contribution in [1.82, 2.24) is 0 Å². The highest BCUT2D eigenvalue weighted by atomic mass is 79.9. The maximum atomic E-state index is 13.4. The van der Waals surface area contributed by atoms with E-state index in [4.69, 9.17) is 4.74 Å². The molecule has 2 nitrogen and oxygen atoms in total. The van der Waals surface area contributed by atoms with Crippen LogP contribution in [0.1, 0.15) is 31.1 Å². The van der Waals surface area contributed by atoms with Crippen LogP contribution in [0.3, 0.4) is 0 Å². The van der Waals surface area contributed by atoms with Crippen molar-refractivity contribution in [3.8, 4) is 5.75 Å². The molecule has 1 atom stereocenters. The second-order valence-electron chi connectivity index (χ2n) is 4.81. The van der Waals surface area contributed by atoms with E-state index < -0.39 is 11.9 Å². The molecule has 0 heterocycles. The van der Waals surface area contributed by atoms with Crippen molar-refractivity contribution in [1.29, 1.82) is 0 Å². The molecule has 0 aliphatic heterocycles. The Bertz CT molecular complexity index is 579. The lowest BCUT2D eigenvalue weighted by molar-refractivity contribution is 0.197. The molecular formula is C16H16BrFO2. The van der Waals surface area contributed by atoms with E-state index in [0.29, 0.717) is 21.3 Å².